The highest BCUT2D eigenvalue weighted by atomic mass is 19.1. The van der Waals surface area contributed by atoms with E-state index in [4.69, 9.17) is 0 Å². The molecule has 1 aromatic rings. The Morgan fingerprint density at radius 3 is 2.84 bits per heavy atom. The van der Waals surface area contributed by atoms with Gasteiger partial charge >= 0.3 is 5.97 Å². The summed E-state index contributed by atoms with van der Waals surface area (Å²) in [5.41, 5.74) is -0.247. The van der Waals surface area contributed by atoms with Crippen molar-refractivity contribution in [1.29, 1.82) is 0 Å². The van der Waals surface area contributed by atoms with Gasteiger partial charge in [-0.25, -0.2) is 4.39 Å². The molecule has 0 aliphatic heterocycles. The Hall–Kier alpha value is -1.38. The Bertz CT molecular complexity index is 458. The number of carboxylic acids is 1. The van der Waals surface area contributed by atoms with Gasteiger partial charge in [0, 0.05) is 0 Å². The summed E-state index contributed by atoms with van der Waals surface area (Å²) in [6, 6.07) is 6.52. The van der Waals surface area contributed by atoms with Gasteiger partial charge < -0.3 is 5.11 Å². The van der Waals surface area contributed by atoms with E-state index in [0.29, 0.717) is 30.7 Å². The van der Waals surface area contributed by atoms with Crippen LogP contribution in [0.15, 0.2) is 24.3 Å². The zero-order valence-corrected chi connectivity index (χ0v) is 11.4. The van der Waals surface area contributed by atoms with Crippen LogP contribution in [0.4, 0.5) is 4.39 Å². The van der Waals surface area contributed by atoms with Crippen molar-refractivity contribution in [3.8, 4) is 0 Å². The maximum Gasteiger partial charge on any atom is 0.309 e. The fourth-order valence-corrected chi connectivity index (χ4v) is 3.27. The second kappa shape index (κ2) is 5.72. The van der Waals surface area contributed by atoms with Crippen LogP contribution >= 0.6 is 0 Å². The summed E-state index contributed by atoms with van der Waals surface area (Å²) in [5, 5.41) is 9.63. The van der Waals surface area contributed by atoms with Crippen molar-refractivity contribution in [3.63, 3.8) is 0 Å². The van der Waals surface area contributed by atoms with Crippen LogP contribution in [-0.2, 0) is 11.2 Å². The Balaban J connectivity index is 2.25. The Labute approximate surface area is 113 Å². The van der Waals surface area contributed by atoms with E-state index in [0.717, 1.165) is 19.3 Å². The van der Waals surface area contributed by atoms with Gasteiger partial charge in [0.2, 0.25) is 0 Å². The predicted molar refractivity (Wildman–Crippen MR) is 72.4 cm³/mol. The van der Waals surface area contributed by atoms with Crippen molar-refractivity contribution in [1.82, 2.24) is 0 Å². The van der Waals surface area contributed by atoms with Gasteiger partial charge in [0.1, 0.15) is 5.82 Å². The molecule has 0 saturated heterocycles. The molecule has 0 heterocycles. The summed E-state index contributed by atoms with van der Waals surface area (Å²) in [4.78, 5) is 11.7. The van der Waals surface area contributed by atoms with Crippen LogP contribution in [0.1, 0.15) is 44.6 Å². The molecule has 1 saturated carbocycles. The first-order valence-corrected chi connectivity index (χ1v) is 7.04. The molecule has 2 nitrogen and oxygen atoms in total. The van der Waals surface area contributed by atoms with E-state index >= 15 is 0 Å². The molecule has 2 atom stereocenters. The monoisotopic (exact) mass is 264 g/mol. The number of benzene rings is 1. The van der Waals surface area contributed by atoms with E-state index in [9.17, 15) is 14.3 Å². The molecule has 0 spiro atoms. The summed E-state index contributed by atoms with van der Waals surface area (Å²) in [6.45, 7) is 2.10. The lowest BCUT2D eigenvalue weighted by atomic mass is 9.66. The molecule has 3 heteroatoms. The second-order valence-corrected chi connectivity index (χ2v) is 5.72. The molecular formula is C16H21FO2. The van der Waals surface area contributed by atoms with Crippen molar-refractivity contribution in [2.24, 2.45) is 11.3 Å². The molecular weight excluding hydrogens is 243 g/mol. The highest BCUT2D eigenvalue weighted by Crippen LogP contribution is 2.43. The van der Waals surface area contributed by atoms with E-state index in [2.05, 4.69) is 6.92 Å². The molecule has 0 bridgehead atoms. The number of hydrogen-bond donors (Lipinski definition) is 1. The standard InChI is InChI=1S/C16H21FO2/c1-2-12-6-5-9-16(10-12,15(18)19)11-13-7-3-4-8-14(13)17/h3-4,7-8,12H,2,5-6,9-11H2,1H3,(H,18,19). The van der Waals surface area contributed by atoms with Crippen molar-refractivity contribution in [3.05, 3.63) is 35.6 Å². The minimum atomic E-state index is -0.777. The van der Waals surface area contributed by atoms with E-state index in [1.807, 2.05) is 0 Å². The Morgan fingerprint density at radius 2 is 2.21 bits per heavy atom. The fourth-order valence-electron chi connectivity index (χ4n) is 3.27. The summed E-state index contributed by atoms with van der Waals surface area (Å²) in [6.07, 6.45) is 4.68. The van der Waals surface area contributed by atoms with Crippen LogP contribution in [0, 0.1) is 17.2 Å². The molecule has 0 radical (unpaired) electrons. The van der Waals surface area contributed by atoms with Crippen LogP contribution < -0.4 is 0 Å². The molecule has 1 aliphatic carbocycles. The SMILES string of the molecule is CCC1CCCC(Cc2ccccc2F)(C(=O)O)C1. The van der Waals surface area contributed by atoms with Crippen LogP contribution in [0.25, 0.3) is 0 Å². The lowest BCUT2D eigenvalue weighted by Crippen LogP contribution is -2.38. The zero-order chi connectivity index (χ0) is 13.9. The highest BCUT2D eigenvalue weighted by molar-refractivity contribution is 5.75. The van der Waals surface area contributed by atoms with Gasteiger partial charge in [0.15, 0.2) is 0 Å². The van der Waals surface area contributed by atoms with Crippen LogP contribution in [0.2, 0.25) is 0 Å². The van der Waals surface area contributed by atoms with Crippen molar-refractivity contribution >= 4 is 5.97 Å². The summed E-state index contributed by atoms with van der Waals surface area (Å²) in [7, 11) is 0. The number of carboxylic acid groups (broad SMARTS) is 1. The number of rotatable bonds is 4. The lowest BCUT2D eigenvalue weighted by Gasteiger charge is -2.37. The van der Waals surface area contributed by atoms with E-state index in [-0.39, 0.29) is 5.82 Å². The molecule has 1 aromatic carbocycles. The van der Waals surface area contributed by atoms with Gasteiger partial charge in [-0.05, 0) is 36.8 Å². The Kier molecular flexibility index (Phi) is 4.23. The quantitative estimate of drug-likeness (QED) is 0.891. The maximum atomic E-state index is 13.8. The minimum Gasteiger partial charge on any atom is -0.481 e. The predicted octanol–water partition coefficient (Wildman–Crippen LogP) is 4.04. The van der Waals surface area contributed by atoms with Gasteiger partial charge in [0.25, 0.3) is 0 Å². The summed E-state index contributed by atoms with van der Waals surface area (Å²) < 4.78 is 13.8. The van der Waals surface area contributed by atoms with Crippen molar-refractivity contribution < 1.29 is 14.3 Å². The Morgan fingerprint density at radius 1 is 1.47 bits per heavy atom. The molecule has 1 aliphatic rings. The average Bonchev–Trinajstić information content (AvgIpc) is 2.41. The third-order valence-electron chi connectivity index (χ3n) is 4.46. The van der Waals surface area contributed by atoms with Gasteiger partial charge in [-0.2, -0.15) is 0 Å². The van der Waals surface area contributed by atoms with Gasteiger partial charge in [0.05, 0.1) is 5.41 Å². The van der Waals surface area contributed by atoms with Crippen LogP contribution in [0.5, 0.6) is 0 Å². The molecule has 2 unspecified atom stereocenters. The molecule has 1 fully saturated rings. The second-order valence-electron chi connectivity index (χ2n) is 5.72. The number of hydrogen-bond acceptors (Lipinski definition) is 1. The topological polar surface area (TPSA) is 37.3 Å². The minimum absolute atomic E-state index is 0.290. The third kappa shape index (κ3) is 2.96. The van der Waals surface area contributed by atoms with Gasteiger partial charge in [-0.3, -0.25) is 4.79 Å². The van der Waals surface area contributed by atoms with E-state index < -0.39 is 11.4 Å². The van der Waals surface area contributed by atoms with E-state index in [1.54, 1.807) is 18.2 Å². The average molecular weight is 264 g/mol. The maximum absolute atomic E-state index is 13.8. The largest absolute Gasteiger partial charge is 0.481 e. The smallest absolute Gasteiger partial charge is 0.309 e. The zero-order valence-electron chi connectivity index (χ0n) is 11.4. The van der Waals surface area contributed by atoms with Gasteiger partial charge in [-0.1, -0.05) is 44.4 Å². The first kappa shape index (κ1) is 14.0. The normalized spacial score (nSPS) is 27.2. The lowest BCUT2D eigenvalue weighted by molar-refractivity contribution is -0.152. The molecule has 0 amide bonds. The molecule has 0 aromatic heterocycles. The summed E-state index contributed by atoms with van der Waals surface area (Å²) in [5.74, 6) is -0.604. The molecule has 2 rings (SSSR count). The molecule has 1 N–H and O–H groups in total. The third-order valence-corrected chi connectivity index (χ3v) is 4.46. The van der Waals surface area contributed by atoms with Crippen LogP contribution in [-0.4, -0.2) is 11.1 Å². The van der Waals surface area contributed by atoms with Crippen molar-refractivity contribution in [2.75, 3.05) is 0 Å². The van der Waals surface area contributed by atoms with E-state index in [1.165, 1.54) is 6.07 Å². The first-order valence-electron chi connectivity index (χ1n) is 7.04. The summed E-state index contributed by atoms with van der Waals surface area (Å²) >= 11 is 0. The number of aliphatic carboxylic acids is 1. The molecule has 19 heavy (non-hydrogen) atoms. The van der Waals surface area contributed by atoms with Crippen molar-refractivity contribution in [2.45, 2.75) is 45.4 Å². The first-order chi connectivity index (χ1) is 9.07. The van der Waals surface area contributed by atoms with Crippen LogP contribution in [0.3, 0.4) is 0 Å². The number of halogens is 1. The highest BCUT2D eigenvalue weighted by Gasteiger charge is 2.42. The fraction of sp³-hybridized carbons (Fsp3) is 0.562. The number of carbonyl (C=O) groups is 1. The van der Waals surface area contributed by atoms with Gasteiger partial charge in [-0.15, -0.1) is 0 Å². The molecule has 104 valence electrons.